The van der Waals surface area contributed by atoms with E-state index in [4.69, 9.17) is 0 Å². The number of aliphatic hydroxyl groups is 1. The molecule has 1 N–H and O–H groups in total. The highest BCUT2D eigenvalue weighted by Gasteiger charge is 2.39. The van der Waals surface area contributed by atoms with Crippen LogP contribution in [0.1, 0.15) is 57.8 Å². The summed E-state index contributed by atoms with van der Waals surface area (Å²) in [5.74, 6) is 0.594. The molecular formula is C19H28N4O3. The van der Waals surface area contributed by atoms with Gasteiger partial charge in [0.1, 0.15) is 0 Å². The van der Waals surface area contributed by atoms with Gasteiger partial charge in [-0.1, -0.05) is 12.8 Å². The van der Waals surface area contributed by atoms with Crippen molar-refractivity contribution in [3.8, 4) is 0 Å². The quantitative estimate of drug-likeness (QED) is 0.763. The van der Waals surface area contributed by atoms with Gasteiger partial charge < -0.3 is 9.67 Å². The molecule has 0 aliphatic heterocycles. The van der Waals surface area contributed by atoms with Crippen molar-refractivity contribution in [1.29, 1.82) is 0 Å². The van der Waals surface area contributed by atoms with Crippen LogP contribution in [-0.4, -0.2) is 29.4 Å². The molecule has 4 rings (SSSR count). The fourth-order valence-electron chi connectivity index (χ4n) is 4.25. The first kappa shape index (κ1) is 17.5. The van der Waals surface area contributed by atoms with Gasteiger partial charge in [0.15, 0.2) is 11.2 Å². The minimum Gasteiger partial charge on any atom is -0.390 e. The first-order chi connectivity index (χ1) is 12.5. The highest BCUT2D eigenvalue weighted by atomic mass is 16.3. The number of hydrogen-bond donors (Lipinski definition) is 1. The Kier molecular flexibility index (Phi) is 4.50. The lowest BCUT2D eigenvalue weighted by Gasteiger charge is -2.13. The summed E-state index contributed by atoms with van der Waals surface area (Å²) in [6.45, 7) is 1.20. The van der Waals surface area contributed by atoms with E-state index in [1.54, 1.807) is 13.4 Å². The van der Waals surface area contributed by atoms with Gasteiger partial charge in [0.05, 0.1) is 11.9 Å². The molecule has 2 aromatic heterocycles. The van der Waals surface area contributed by atoms with E-state index in [1.807, 2.05) is 4.57 Å². The molecule has 2 aliphatic rings. The molecule has 2 aliphatic carbocycles. The van der Waals surface area contributed by atoms with Crippen LogP contribution in [0.4, 0.5) is 0 Å². The first-order valence-corrected chi connectivity index (χ1v) is 9.85. The second-order valence-corrected chi connectivity index (χ2v) is 8.20. The smallest absolute Gasteiger partial charge is 0.332 e. The lowest BCUT2D eigenvalue weighted by Crippen LogP contribution is -2.39. The highest BCUT2D eigenvalue weighted by molar-refractivity contribution is 5.69. The molecule has 2 saturated carbocycles. The minimum atomic E-state index is -0.472. The Morgan fingerprint density at radius 3 is 2.65 bits per heavy atom. The molecule has 7 nitrogen and oxygen atoms in total. The number of rotatable bonds is 7. The molecule has 0 atom stereocenters. The predicted molar refractivity (Wildman–Crippen MR) is 99.2 cm³/mol. The van der Waals surface area contributed by atoms with E-state index in [2.05, 4.69) is 4.98 Å². The summed E-state index contributed by atoms with van der Waals surface area (Å²) in [4.78, 5) is 29.9. The minimum absolute atomic E-state index is 0.233. The van der Waals surface area contributed by atoms with Crippen LogP contribution >= 0.6 is 0 Å². The molecule has 2 heterocycles. The van der Waals surface area contributed by atoms with Gasteiger partial charge in [-0.15, -0.1) is 0 Å². The van der Waals surface area contributed by atoms with Gasteiger partial charge in [-0.2, -0.15) is 0 Å². The van der Waals surface area contributed by atoms with Crippen LogP contribution in [-0.2, 0) is 20.1 Å². The van der Waals surface area contributed by atoms with Crippen LogP contribution in [0.5, 0.6) is 0 Å². The third-order valence-corrected chi connectivity index (χ3v) is 6.13. The van der Waals surface area contributed by atoms with E-state index >= 15 is 0 Å². The maximum atomic E-state index is 13.0. The average Bonchev–Trinajstić information content (AvgIpc) is 3.03. The van der Waals surface area contributed by atoms with Crippen molar-refractivity contribution >= 4 is 11.2 Å². The average molecular weight is 360 g/mol. The van der Waals surface area contributed by atoms with Gasteiger partial charge in [0.25, 0.3) is 5.56 Å². The Morgan fingerprint density at radius 1 is 1.23 bits per heavy atom. The highest BCUT2D eigenvalue weighted by Crippen LogP contribution is 2.39. The monoisotopic (exact) mass is 360 g/mol. The van der Waals surface area contributed by atoms with Crippen molar-refractivity contribution < 1.29 is 5.11 Å². The molecular weight excluding hydrogens is 332 g/mol. The van der Waals surface area contributed by atoms with Crippen molar-refractivity contribution in [1.82, 2.24) is 18.7 Å². The fraction of sp³-hybridized carbons (Fsp3) is 0.737. The van der Waals surface area contributed by atoms with Crippen molar-refractivity contribution in [3.63, 3.8) is 0 Å². The van der Waals surface area contributed by atoms with Gasteiger partial charge in [0, 0.05) is 20.1 Å². The Morgan fingerprint density at radius 2 is 1.96 bits per heavy atom. The lowest BCUT2D eigenvalue weighted by atomic mass is 10.1. The van der Waals surface area contributed by atoms with E-state index in [0.717, 1.165) is 38.6 Å². The Balaban J connectivity index is 1.59. The molecule has 0 amide bonds. The normalized spacial score (nSPS) is 19.5. The van der Waals surface area contributed by atoms with Crippen molar-refractivity contribution in [2.75, 3.05) is 0 Å². The zero-order valence-electron chi connectivity index (χ0n) is 15.5. The lowest BCUT2D eigenvalue weighted by molar-refractivity contribution is 0.136. The summed E-state index contributed by atoms with van der Waals surface area (Å²) in [5, 5.41) is 9.92. The fourth-order valence-corrected chi connectivity index (χ4v) is 4.25. The van der Waals surface area contributed by atoms with E-state index in [-0.39, 0.29) is 11.2 Å². The molecule has 142 valence electrons. The molecule has 0 bridgehead atoms. The van der Waals surface area contributed by atoms with Gasteiger partial charge in [-0.25, -0.2) is 9.78 Å². The topological polar surface area (TPSA) is 82.0 Å². The molecule has 0 unspecified atom stereocenters. The maximum Gasteiger partial charge on any atom is 0.332 e. The summed E-state index contributed by atoms with van der Waals surface area (Å²) in [5.41, 5.74) is 0.00334. The molecule has 0 radical (unpaired) electrons. The van der Waals surface area contributed by atoms with Gasteiger partial charge >= 0.3 is 5.69 Å². The second kappa shape index (κ2) is 6.68. The zero-order valence-corrected chi connectivity index (χ0v) is 15.5. The molecule has 0 spiro atoms. The van der Waals surface area contributed by atoms with Gasteiger partial charge in [-0.3, -0.25) is 13.9 Å². The zero-order chi connectivity index (χ0) is 18.3. The van der Waals surface area contributed by atoms with Crippen LogP contribution in [0, 0.1) is 5.92 Å². The standard InChI is InChI=1S/C19H28N4O3/c1-21-16-15(22(13-20-16)12-14-6-2-3-7-14)17(24)23(18(21)25)11-5-4-8-19(26)9-10-19/h13-14,26H,2-12H2,1H3. The van der Waals surface area contributed by atoms with Crippen LogP contribution < -0.4 is 11.2 Å². The molecule has 2 aromatic rings. The largest absolute Gasteiger partial charge is 0.390 e. The molecule has 0 aromatic carbocycles. The number of hydrogen-bond acceptors (Lipinski definition) is 4. The second-order valence-electron chi connectivity index (χ2n) is 8.20. The van der Waals surface area contributed by atoms with E-state index in [0.29, 0.717) is 23.6 Å². The van der Waals surface area contributed by atoms with Crippen molar-refractivity contribution in [3.05, 3.63) is 27.2 Å². The van der Waals surface area contributed by atoms with Crippen LogP contribution in [0.2, 0.25) is 0 Å². The third kappa shape index (κ3) is 3.24. The summed E-state index contributed by atoms with van der Waals surface area (Å²) in [6, 6.07) is 0. The first-order valence-electron chi connectivity index (χ1n) is 9.85. The molecule has 2 fully saturated rings. The van der Waals surface area contributed by atoms with Crippen LogP contribution in [0.15, 0.2) is 15.9 Å². The number of fused-ring (bicyclic) bond motifs is 1. The predicted octanol–water partition coefficient (Wildman–Crippen LogP) is 1.78. The summed E-state index contributed by atoms with van der Waals surface area (Å²) in [6.07, 6.45) is 10.7. The summed E-state index contributed by atoms with van der Waals surface area (Å²) >= 11 is 0. The Labute approximate surface area is 152 Å². The molecule has 0 saturated heterocycles. The summed E-state index contributed by atoms with van der Waals surface area (Å²) < 4.78 is 4.76. The Hall–Kier alpha value is -1.89. The van der Waals surface area contributed by atoms with Crippen molar-refractivity contribution in [2.45, 2.75) is 76.5 Å². The number of imidazole rings is 1. The van der Waals surface area contributed by atoms with E-state index < -0.39 is 5.60 Å². The number of aryl methyl sites for hydroxylation is 1. The van der Waals surface area contributed by atoms with Crippen LogP contribution in [0.25, 0.3) is 11.2 Å². The van der Waals surface area contributed by atoms with Crippen LogP contribution in [0.3, 0.4) is 0 Å². The molecule has 26 heavy (non-hydrogen) atoms. The molecule has 7 heteroatoms. The maximum absolute atomic E-state index is 13.0. The summed E-state index contributed by atoms with van der Waals surface area (Å²) in [7, 11) is 1.68. The van der Waals surface area contributed by atoms with E-state index in [9.17, 15) is 14.7 Å². The third-order valence-electron chi connectivity index (χ3n) is 6.13. The SMILES string of the molecule is Cn1c(=O)n(CCCCC2(O)CC2)c(=O)c2c1ncn2CC1CCCC1. The van der Waals surface area contributed by atoms with Crippen molar-refractivity contribution in [2.24, 2.45) is 13.0 Å². The van der Waals surface area contributed by atoms with Gasteiger partial charge in [0.2, 0.25) is 0 Å². The number of unbranched alkanes of at least 4 members (excludes halogenated alkanes) is 1. The Bertz CT molecular complexity index is 913. The number of aromatic nitrogens is 4. The van der Waals surface area contributed by atoms with E-state index in [1.165, 1.54) is 34.8 Å². The number of nitrogens with zero attached hydrogens (tertiary/aromatic N) is 4. The van der Waals surface area contributed by atoms with Gasteiger partial charge in [-0.05, 0) is 50.9 Å².